The van der Waals surface area contributed by atoms with Crippen LogP contribution in [0.25, 0.3) is 5.57 Å². The zero-order valence-electron chi connectivity index (χ0n) is 11.1. The maximum absolute atomic E-state index is 12.1. The minimum absolute atomic E-state index is 0.116. The van der Waals surface area contributed by atoms with Crippen LogP contribution in [-0.2, 0) is 10.4 Å². The number of hydrogen-bond acceptors (Lipinski definition) is 3. The van der Waals surface area contributed by atoms with Gasteiger partial charge in [-0.3, -0.25) is 4.79 Å². The number of aryl methyl sites for hydroxylation is 1. The maximum atomic E-state index is 12.1. The van der Waals surface area contributed by atoms with E-state index in [0.29, 0.717) is 16.7 Å². The topological polar surface area (TPSA) is 57.5 Å². The van der Waals surface area contributed by atoms with Gasteiger partial charge in [0.15, 0.2) is 11.4 Å². The van der Waals surface area contributed by atoms with Gasteiger partial charge >= 0.3 is 0 Å². The molecule has 0 saturated heterocycles. The van der Waals surface area contributed by atoms with Crippen molar-refractivity contribution in [1.29, 1.82) is 0 Å². The molecule has 18 heavy (non-hydrogen) atoms. The number of benzene rings is 1. The van der Waals surface area contributed by atoms with E-state index in [2.05, 4.69) is 0 Å². The van der Waals surface area contributed by atoms with Gasteiger partial charge in [0.2, 0.25) is 0 Å². The number of phenols is 1. The van der Waals surface area contributed by atoms with Crippen LogP contribution in [0.3, 0.4) is 0 Å². The number of ketones is 1. The van der Waals surface area contributed by atoms with Gasteiger partial charge < -0.3 is 10.2 Å². The minimum Gasteiger partial charge on any atom is -0.507 e. The van der Waals surface area contributed by atoms with E-state index in [0.717, 1.165) is 5.56 Å². The molecule has 0 aliphatic heterocycles. The quantitative estimate of drug-likeness (QED) is 0.800. The zero-order chi connectivity index (χ0) is 13.7. The number of fused-ring (bicyclic) bond motifs is 1. The van der Waals surface area contributed by atoms with Crippen LogP contribution in [0.15, 0.2) is 18.2 Å². The number of phenolic OH excluding ortho intramolecular Hbond substituents is 1. The Bertz CT molecular complexity index is 555. The van der Waals surface area contributed by atoms with Gasteiger partial charge in [0.25, 0.3) is 0 Å². The number of carbonyl (C=O) groups excluding carboxylic acids is 1. The summed E-state index contributed by atoms with van der Waals surface area (Å²) in [4.78, 5) is 12.1. The molecule has 1 aliphatic rings. The second-order valence-corrected chi connectivity index (χ2v) is 5.32. The normalized spacial score (nSPS) is 23.0. The van der Waals surface area contributed by atoms with E-state index >= 15 is 0 Å². The average Bonchev–Trinajstić information content (AvgIpc) is 2.24. The van der Waals surface area contributed by atoms with E-state index in [-0.39, 0.29) is 17.5 Å². The van der Waals surface area contributed by atoms with Crippen molar-refractivity contribution in [1.82, 2.24) is 0 Å². The van der Waals surface area contributed by atoms with Crippen LogP contribution in [0, 0.1) is 12.8 Å². The fourth-order valence-electron chi connectivity index (χ4n) is 2.59. The summed E-state index contributed by atoms with van der Waals surface area (Å²) in [6.45, 7) is 7.20. The van der Waals surface area contributed by atoms with E-state index in [1.807, 2.05) is 6.92 Å². The van der Waals surface area contributed by atoms with Crippen molar-refractivity contribution in [3.8, 4) is 5.75 Å². The summed E-state index contributed by atoms with van der Waals surface area (Å²) in [6, 6.07) is 3.43. The van der Waals surface area contributed by atoms with Crippen molar-refractivity contribution in [3.05, 3.63) is 34.9 Å². The fourth-order valence-corrected chi connectivity index (χ4v) is 2.59. The van der Waals surface area contributed by atoms with Crippen LogP contribution in [0.1, 0.15) is 37.5 Å². The van der Waals surface area contributed by atoms with Gasteiger partial charge in [-0.25, -0.2) is 0 Å². The summed E-state index contributed by atoms with van der Waals surface area (Å²) in [5, 5.41) is 20.8. The van der Waals surface area contributed by atoms with E-state index < -0.39 is 5.60 Å². The average molecular weight is 246 g/mol. The Labute approximate surface area is 107 Å². The number of carbonyl (C=O) groups is 1. The second kappa shape index (κ2) is 3.95. The molecule has 0 radical (unpaired) electrons. The third-order valence-corrected chi connectivity index (χ3v) is 3.63. The molecule has 2 rings (SSSR count). The van der Waals surface area contributed by atoms with Gasteiger partial charge in [-0.15, -0.1) is 0 Å². The lowest BCUT2D eigenvalue weighted by Crippen LogP contribution is -2.42. The number of aliphatic hydroxyl groups is 1. The van der Waals surface area contributed by atoms with Crippen molar-refractivity contribution < 1.29 is 15.0 Å². The molecule has 3 heteroatoms. The van der Waals surface area contributed by atoms with Crippen molar-refractivity contribution in [2.45, 2.75) is 33.3 Å². The Morgan fingerprint density at radius 3 is 2.39 bits per heavy atom. The Morgan fingerprint density at radius 1 is 1.22 bits per heavy atom. The maximum Gasteiger partial charge on any atom is 0.192 e. The van der Waals surface area contributed by atoms with Crippen molar-refractivity contribution in [3.63, 3.8) is 0 Å². The molecule has 2 N–H and O–H groups in total. The van der Waals surface area contributed by atoms with E-state index in [1.54, 1.807) is 32.9 Å². The summed E-state index contributed by atoms with van der Waals surface area (Å²) < 4.78 is 0. The van der Waals surface area contributed by atoms with Crippen molar-refractivity contribution in [2.75, 3.05) is 0 Å². The highest BCUT2D eigenvalue weighted by Gasteiger charge is 2.44. The Hall–Kier alpha value is -1.61. The van der Waals surface area contributed by atoms with Crippen molar-refractivity contribution >= 4 is 11.4 Å². The first kappa shape index (κ1) is 12.8. The summed E-state index contributed by atoms with van der Waals surface area (Å²) in [6.07, 6.45) is 1.41. The molecule has 1 aromatic rings. The van der Waals surface area contributed by atoms with Crippen molar-refractivity contribution in [2.24, 2.45) is 5.92 Å². The number of rotatable bonds is 1. The molecule has 0 aromatic heterocycles. The molecule has 1 aliphatic carbocycles. The Kier molecular flexibility index (Phi) is 2.82. The first-order valence-electron chi connectivity index (χ1n) is 6.08. The molecule has 0 saturated carbocycles. The van der Waals surface area contributed by atoms with Crippen LogP contribution >= 0.6 is 0 Å². The largest absolute Gasteiger partial charge is 0.507 e. The van der Waals surface area contributed by atoms with Gasteiger partial charge in [0.1, 0.15) is 5.75 Å². The van der Waals surface area contributed by atoms with Gasteiger partial charge in [-0.1, -0.05) is 19.9 Å². The number of allylic oxidation sites excluding steroid dienone is 1. The minimum atomic E-state index is -1.54. The smallest absolute Gasteiger partial charge is 0.192 e. The summed E-state index contributed by atoms with van der Waals surface area (Å²) in [7, 11) is 0. The molecule has 1 aromatic carbocycles. The van der Waals surface area contributed by atoms with E-state index in [4.69, 9.17) is 0 Å². The molecule has 0 bridgehead atoms. The van der Waals surface area contributed by atoms with Crippen LogP contribution in [0.5, 0.6) is 5.75 Å². The highest BCUT2D eigenvalue weighted by molar-refractivity contribution is 6.07. The Morgan fingerprint density at radius 2 is 1.83 bits per heavy atom. The molecule has 0 spiro atoms. The lowest BCUT2D eigenvalue weighted by atomic mass is 9.72. The molecule has 96 valence electrons. The van der Waals surface area contributed by atoms with Gasteiger partial charge in [-0.2, -0.15) is 0 Å². The molecule has 0 unspecified atom stereocenters. The third kappa shape index (κ3) is 1.58. The van der Waals surface area contributed by atoms with Crippen LogP contribution < -0.4 is 0 Å². The van der Waals surface area contributed by atoms with E-state index in [1.165, 1.54) is 6.08 Å². The second-order valence-electron chi connectivity index (χ2n) is 5.32. The van der Waals surface area contributed by atoms with E-state index in [9.17, 15) is 15.0 Å². The van der Waals surface area contributed by atoms with Crippen LogP contribution in [0.2, 0.25) is 0 Å². The third-order valence-electron chi connectivity index (χ3n) is 3.63. The Balaban J connectivity index is 2.84. The molecule has 1 atom stereocenters. The highest BCUT2D eigenvalue weighted by atomic mass is 16.3. The lowest BCUT2D eigenvalue weighted by Gasteiger charge is -2.35. The van der Waals surface area contributed by atoms with Crippen LogP contribution in [-0.4, -0.2) is 16.0 Å². The molecule has 0 fully saturated rings. The number of hydrogen-bond donors (Lipinski definition) is 2. The molecule has 0 amide bonds. The first-order chi connectivity index (χ1) is 8.28. The fraction of sp³-hybridized carbons (Fsp3) is 0.400. The van der Waals surface area contributed by atoms with Gasteiger partial charge in [-0.05, 0) is 43.0 Å². The highest BCUT2D eigenvalue weighted by Crippen LogP contribution is 2.43. The predicted octanol–water partition coefficient (Wildman–Crippen LogP) is 2.53. The predicted molar refractivity (Wildman–Crippen MR) is 70.2 cm³/mol. The van der Waals surface area contributed by atoms with Gasteiger partial charge in [0, 0.05) is 11.1 Å². The summed E-state index contributed by atoms with van der Waals surface area (Å²) in [5.41, 5.74) is 1.07. The zero-order valence-corrected chi connectivity index (χ0v) is 11.1. The standard InChI is InChI=1S/C15H18O3/c1-8(2)15(18)11-5-9(3)6-12(16)14(11)10(4)7-13(15)17/h5-8,16,18H,1-4H3/t15-/m1/s1. The van der Waals surface area contributed by atoms with Gasteiger partial charge in [0.05, 0.1) is 0 Å². The first-order valence-corrected chi connectivity index (χ1v) is 6.08. The molecule has 0 heterocycles. The molecular weight excluding hydrogens is 228 g/mol. The van der Waals surface area contributed by atoms with Crippen LogP contribution in [0.4, 0.5) is 0 Å². The molecular formula is C15H18O3. The lowest BCUT2D eigenvalue weighted by molar-refractivity contribution is -0.138. The molecule has 3 nitrogen and oxygen atoms in total. The SMILES string of the molecule is CC1=CC(=O)[C@@](O)(C(C)C)c2cc(C)cc(O)c21. The number of aromatic hydroxyl groups is 1. The monoisotopic (exact) mass is 246 g/mol. The summed E-state index contributed by atoms with van der Waals surface area (Å²) >= 11 is 0. The summed E-state index contributed by atoms with van der Waals surface area (Å²) in [5.74, 6) is -0.452.